The summed E-state index contributed by atoms with van der Waals surface area (Å²) in [5, 5.41) is 12.2. The fourth-order valence-corrected chi connectivity index (χ4v) is 3.82. The Hall–Kier alpha value is -3.20. The first-order chi connectivity index (χ1) is 15.1. The van der Waals surface area contributed by atoms with Crippen LogP contribution in [0.25, 0.3) is 0 Å². The Morgan fingerprint density at radius 1 is 1.12 bits per heavy atom. The normalized spacial score (nSPS) is 19.0. The van der Waals surface area contributed by atoms with E-state index in [1.165, 1.54) is 6.92 Å². The third-order valence-corrected chi connectivity index (χ3v) is 5.52. The van der Waals surface area contributed by atoms with Gasteiger partial charge in [0.05, 0.1) is 6.61 Å². The van der Waals surface area contributed by atoms with Gasteiger partial charge in [0.2, 0.25) is 5.91 Å². The van der Waals surface area contributed by atoms with Gasteiger partial charge in [0.25, 0.3) is 5.91 Å². The number of hydrogen-bond donors (Lipinski definition) is 2. The number of benzene rings is 1. The standard InChI is InChI=1S/C23H29N3O6/c1-15(28)16-4-6-17(7-5-16)25-8-10-26(11-9-25)22(31)19(14-27)24-21(30)20-12-18(29)13-23(2,3)32-20/h4-7,12,19,27H,8-11,13-14H2,1-3H3,(H,24,30). The lowest BCUT2D eigenvalue weighted by Gasteiger charge is -2.37. The summed E-state index contributed by atoms with van der Waals surface area (Å²) in [5.74, 6) is -1.48. The number of carbonyl (C=O) groups is 4. The smallest absolute Gasteiger partial charge is 0.287 e. The van der Waals surface area contributed by atoms with Crippen molar-refractivity contribution in [3.8, 4) is 0 Å². The molecule has 9 heteroatoms. The summed E-state index contributed by atoms with van der Waals surface area (Å²) < 4.78 is 5.56. The average molecular weight is 444 g/mol. The van der Waals surface area contributed by atoms with Gasteiger partial charge in [-0.2, -0.15) is 0 Å². The van der Waals surface area contributed by atoms with Crippen LogP contribution in [0.4, 0.5) is 5.69 Å². The summed E-state index contributed by atoms with van der Waals surface area (Å²) in [7, 11) is 0. The van der Waals surface area contributed by atoms with Gasteiger partial charge in [-0.3, -0.25) is 19.2 Å². The zero-order valence-electron chi connectivity index (χ0n) is 18.6. The monoisotopic (exact) mass is 443 g/mol. The Labute approximate surface area is 187 Å². The highest BCUT2D eigenvalue weighted by atomic mass is 16.5. The predicted molar refractivity (Wildman–Crippen MR) is 117 cm³/mol. The highest BCUT2D eigenvalue weighted by Gasteiger charge is 2.34. The zero-order chi connectivity index (χ0) is 23.5. The molecule has 2 amide bonds. The van der Waals surface area contributed by atoms with Crippen molar-refractivity contribution in [3.05, 3.63) is 41.7 Å². The molecule has 1 fully saturated rings. The van der Waals surface area contributed by atoms with Crippen LogP contribution in [0.2, 0.25) is 0 Å². The second kappa shape index (κ2) is 9.52. The van der Waals surface area contributed by atoms with E-state index in [1.54, 1.807) is 30.9 Å². The Morgan fingerprint density at radius 2 is 1.75 bits per heavy atom. The second-order valence-corrected chi connectivity index (χ2v) is 8.64. The van der Waals surface area contributed by atoms with Crippen LogP contribution in [0.1, 0.15) is 37.6 Å². The van der Waals surface area contributed by atoms with Crippen LogP contribution in [0, 0.1) is 0 Å². The van der Waals surface area contributed by atoms with Gasteiger partial charge in [-0.1, -0.05) is 0 Å². The van der Waals surface area contributed by atoms with E-state index in [2.05, 4.69) is 10.2 Å². The first-order valence-electron chi connectivity index (χ1n) is 10.6. The topological polar surface area (TPSA) is 116 Å². The number of aliphatic hydroxyl groups is 1. The Kier molecular flexibility index (Phi) is 6.98. The van der Waals surface area contributed by atoms with Gasteiger partial charge in [-0.15, -0.1) is 0 Å². The number of ether oxygens (including phenoxy) is 1. The molecule has 2 N–H and O–H groups in total. The molecule has 1 saturated heterocycles. The van der Waals surface area contributed by atoms with Crippen LogP contribution in [0.5, 0.6) is 0 Å². The second-order valence-electron chi connectivity index (χ2n) is 8.64. The maximum atomic E-state index is 12.9. The minimum absolute atomic E-state index is 0.00591. The highest BCUT2D eigenvalue weighted by Crippen LogP contribution is 2.24. The molecule has 172 valence electrons. The van der Waals surface area contributed by atoms with E-state index in [1.807, 2.05) is 12.1 Å². The molecular weight excluding hydrogens is 414 g/mol. The van der Waals surface area contributed by atoms with Crippen molar-refractivity contribution < 1.29 is 29.0 Å². The molecule has 3 rings (SSSR count). The van der Waals surface area contributed by atoms with E-state index in [0.717, 1.165) is 11.8 Å². The van der Waals surface area contributed by atoms with E-state index >= 15 is 0 Å². The first-order valence-corrected chi connectivity index (χ1v) is 10.6. The van der Waals surface area contributed by atoms with Gasteiger partial charge in [0.1, 0.15) is 11.6 Å². The summed E-state index contributed by atoms with van der Waals surface area (Å²) >= 11 is 0. The van der Waals surface area contributed by atoms with Gasteiger partial charge in [0.15, 0.2) is 17.3 Å². The fourth-order valence-electron chi connectivity index (χ4n) is 3.82. The number of piperazine rings is 1. The number of ketones is 2. The largest absolute Gasteiger partial charge is 0.482 e. The van der Waals surface area contributed by atoms with Crippen LogP contribution in [-0.2, 0) is 19.1 Å². The fraction of sp³-hybridized carbons (Fsp3) is 0.478. The van der Waals surface area contributed by atoms with E-state index in [0.29, 0.717) is 31.7 Å². The van der Waals surface area contributed by atoms with Crippen LogP contribution >= 0.6 is 0 Å². The number of carbonyl (C=O) groups excluding carboxylic acids is 4. The Bertz CT molecular complexity index is 930. The Morgan fingerprint density at radius 3 is 2.28 bits per heavy atom. The van der Waals surface area contributed by atoms with Crippen LogP contribution in [-0.4, -0.2) is 77.8 Å². The van der Waals surface area contributed by atoms with Crippen molar-refractivity contribution in [1.82, 2.24) is 10.2 Å². The third kappa shape index (κ3) is 5.53. The molecule has 0 bridgehead atoms. The quantitative estimate of drug-likeness (QED) is 0.621. The van der Waals surface area contributed by atoms with E-state index < -0.39 is 30.1 Å². The third-order valence-electron chi connectivity index (χ3n) is 5.52. The predicted octanol–water partition coefficient (Wildman–Crippen LogP) is 0.667. The molecule has 1 aromatic carbocycles. The summed E-state index contributed by atoms with van der Waals surface area (Å²) in [4.78, 5) is 52.4. The molecule has 0 radical (unpaired) electrons. The lowest BCUT2D eigenvalue weighted by molar-refractivity contribution is -0.139. The van der Waals surface area contributed by atoms with E-state index in [4.69, 9.17) is 4.74 Å². The lowest BCUT2D eigenvalue weighted by atomic mass is 9.98. The van der Waals surface area contributed by atoms with E-state index in [9.17, 15) is 24.3 Å². The van der Waals surface area contributed by atoms with Gasteiger partial charge in [-0.25, -0.2) is 0 Å². The number of nitrogens with zero attached hydrogens (tertiary/aromatic N) is 2. The summed E-state index contributed by atoms with van der Waals surface area (Å²) in [6, 6.07) is 6.19. The number of hydrogen-bond acceptors (Lipinski definition) is 7. The van der Waals surface area contributed by atoms with Gasteiger partial charge in [-0.05, 0) is 45.0 Å². The van der Waals surface area contributed by atoms with Crippen molar-refractivity contribution in [2.24, 2.45) is 0 Å². The van der Waals surface area contributed by atoms with E-state index in [-0.39, 0.29) is 23.7 Å². The molecule has 2 aliphatic rings. The summed E-state index contributed by atoms with van der Waals surface area (Å²) in [5.41, 5.74) is 0.796. The van der Waals surface area contributed by atoms with Crippen molar-refractivity contribution in [1.29, 1.82) is 0 Å². The number of nitrogens with one attached hydrogen (secondary N) is 1. The number of aliphatic hydroxyl groups excluding tert-OH is 1. The van der Waals surface area contributed by atoms with Crippen molar-refractivity contribution >= 4 is 29.1 Å². The summed E-state index contributed by atoms with van der Waals surface area (Å²) in [6.07, 6.45) is 1.28. The van der Waals surface area contributed by atoms with Crippen molar-refractivity contribution in [3.63, 3.8) is 0 Å². The van der Waals surface area contributed by atoms with Crippen molar-refractivity contribution in [2.45, 2.75) is 38.8 Å². The molecular formula is C23H29N3O6. The number of Topliss-reactive ketones (excluding diaryl/α,β-unsaturated/α-hetero) is 1. The zero-order valence-corrected chi connectivity index (χ0v) is 18.6. The number of rotatable bonds is 6. The molecule has 1 unspecified atom stereocenters. The molecule has 32 heavy (non-hydrogen) atoms. The average Bonchev–Trinajstić information content (AvgIpc) is 2.75. The minimum atomic E-state index is -1.13. The maximum absolute atomic E-state index is 12.9. The Balaban J connectivity index is 1.57. The molecule has 2 heterocycles. The highest BCUT2D eigenvalue weighted by molar-refractivity contribution is 6.03. The molecule has 1 atom stereocenters. The SMILES string of the molecule is CC(=O)c1ccc(N2CCN(C(=O)C(CO)NC(=O)C3=CC(=O)CC(C)(C)O3)CC2)cc1. The van der Waals surface area contributed by atoms with Crippen LogP contribution in [0.3, 0.4) is 0 Å². The number of amides is 2. The molecule has 0 aromatic heterocycles. The molecule has 0 saturated carbocycles. The van der Waals surface area contributed by atoms with Crippen LogP contribution < -0.4 is 10.2 Å². The van der Waals surface area contributed by atoms with Crippen molar-refractivity contribution in [2.75, 3.05) is 37.7 Å². The van der Waals surface area contributed by atoms with Gasteiger partial charge in [0, 0.05) is 49.9 Å². The first kappa shape index (κ1) is 23.5. The molecule has 9 nitrogen and oxygen atoms in total. The number of anilines is 1. The van der Waals surface area contributed by atoms with Gasteiger partial charge < -0.3 is 25.0 Å². The molecule has 2 aliphatic heterocycles. The molecule has 0 spiro atoms. The lowest BCUT2D eigenvalue weighted by Crippen LogP contribution is -2.56. The maximum Gasteiger partial charge on any atom is 0.287 e. The minimum Gasteiger partial charge on any atom is -0.482 e. The summed E-state index contributed by atoms with van der Waals surface area (Å²) in [6.45, 7) is 6.35. The van der Waals surface area contributed by atoms with Crippen LogP contribution in [0.15, 0.2) is 36.1 Å². The molecule has 0 aliphatic carbocycles. The van der Waals surface area contributed by atoms with Gasteiger partial charge >= 0.3 is 0 Å². The number of allylic oxidation sites excluding steroid dienone is 1. The molecule has 1 aromatic rings.